The summed E-state index contributed by atoms with van der Waals surface area (Å²) in [5.74, 6) is 0.859. The molecule has 3 fully saturated rings. The van der Waals surface area contributed by atoms with E-state index < -0.39 is 5.54 Å². The number of hydrogen-bond donors (Lipinski definition) is 3. The van der Waals surface area contributed by atoms with E-state index in [2.05, 4.69) is 34.9 Å². The summed E-state index contributed by atoms with van der Waals surface area (Å²) in [7, 11) is 1.73. The predicted molar refractivity (Wildman–Crippen MR) is 117 cm³/mol. The van der Waals surface area contributed by atoms with E-state index in [0.717, 1.165) is 25.7 Å². The Hall–Kier alpha value is -1.88. The van der Waals surface area contributed by atoms with E-state index in [1.54, 1.807) is 7.05 Å². The number of guanidine groups is 1. The van der Waals surface area contributed by atoms with Gasteiger partial charge >= 0.3 is 0 Å². The van der Waals surface area contributed by atoms with Crippen LogP contribution >= 0.6 is 0 Å². The zero-order valence-corrected chi connectivity index (χ0v) is 17.8. The fourth-order valence-corrected chi connectivity index (χ4v) is 5.75. The Labute approximate surface area is 175 Å². The number of amides is 1. The first-order chi connectivity index (χ1) is 14.1. The highest BCUT2D eigenvalue weighted by Gasteiger charge is 2.49. The average Bonchev–Trinajstić information content (AvgIpc) is 3.31. The fourth-order valence-electron chi connectivity index (χ4n) is 5.75. The van der Waals surface area contributed by atoms with Crippen molar-refractivity contribution in [1.29, 1.82) is 5.41 Å². The lowest BCUT2D eigenvalue weighted by Gasteiger charge is -2.37. The van der Waals surface area contributed by atoms with E-state index in [-0.39, 0.29) is 11.9 Å². The number of carbonyl (C=O) groups excluding carboxylic acids is 1. The first-order valence-corrected chi connectivity index (χ1v) is 11.5. The zero-order valence-electron chi connectivity index (χ0n) is 17.8. The van der Waals surface area contributed by atoms with Gasteiger partial charge in [-0.2, -0.15) is 0 Å². The SMILES string of the molecule is CN1C(=N)N[C@](CCc2ccccc2)(CC2CCC[C@@H](NC3CCCC3)C2)C1=O. The van der Waals surface area contributed by atoms with E-state index in [0.29, 0.717) is 18.0 Å². The number of hydrogen-bond acceptors (Lipinski definition) is 3. The maximum Gasteiger partial charge on any atom is 0.254 e. The Bertz CT molecular complexity index is 715. The molecule has 2 aliphatic carbocycles. The third-order valence-electron chi connectivity index (χ3n) is 7.34. The van der Waals surface area contributed by atoms with Crippen LogP contribution in [0.25, 0.3) is 0 Å². The maximum absolute atomic E-state index is 13.2. The van der Waals surface area contributed by atoms with Crippen LogP contribution in [0.15, 0.2) is 30.3 Å². The topological polar surface area (TPSA) is 68.2 Å². The van der Waals surface area contributed by atoms with Crippen LogP contribution in [0.1, 0.15) is 69.8 Å². The Morgan fingerprint density at radius 1 is 1.10 bits per heavy atom. The molecule has 3 N–H and O–H groups in total. The minimum Gasteiger partial charge on any atom is -0.342 e. The van der Waals surface area contributed by atoms with Gasteiger partial charge < -0.3 is 10.6 Å². The highest BCUT2D eigenvalue weighted by atomic mass is 16.2. The number of likely N-dealkylation sites (N-methyl/N-ethyl adjacent to an activating group) is 1. The third-order valence-corrected chi connectivity index (χ3v) is 7.34. The summed E-state index contributed by atoms with van der Waals surface area (Å²) in [5, 5.41) is 15.4. The molecule has 29 heavy (non-hydrogen) atoms. The second-order valence-corrected chi connectivity index (χ2v) is 9.49. The molecule has 1 amide bonds. The van der Waals surface area contributed by atoms with Crippen LogP contribution in [0.5, 0.6) is 0 Å². The van der Waals surface area contributed by atoms with Crippen LogP contribution < -0.4 is 10.6 Å². The van der Waals surface area contributed by atoms with Gasteiger partial charge in [0.2, 0.25) is 0 Å². The first-order valence-electron chi connectivity index (χ1n) is 11.5. The quantitative estimate of drug-likeness (QED) is 0.656. The molecule has 3 aliphatic rings. The van der Waals surface area contributed by atoms with Crippen molar-refractivity contribution in [3.8, 4) is 0 Å². The fraction of sp³-hybridized carbons (Fsp3) is 0.667. The minimum atomic E-state index is -0.623. The molecule has 0 aromatic heterocycles. The predicted octanol–water partition coefficient (Wildman–Crippen LogP) is 3.84. The van der Waals surface area contributed by atoms with Crippen LogP contribution in [0.2, 0.25) is 0 Å². The lowest BCUT2D eigenvalue weighted by Crippen LogP contribution is -2.50. The van der Waals surface area contributed by atoms with E-state index in [9.17, 15) is 4.79 Å². The molecular formula is C24H36N4O. The molecule has 4 rings (SSSR count). The van der Waals surface area contributed by atoms with Crippen molar-refractivity contribution in [2.75, 3.05) is 7.05 Å². The van der Waals surface area contributed by atoms with Gasteiger partial charge in [0.25, 0.3) is 5.91 Å². The lowest BCUT2D eigenvalue weighted by atomic mass is 9.75. The van der Waals surface area contributed by atoms with Gasteiger partial charge in [-0.3, -0.25) is 15.1 Å². The maximum atomic E-state index is 13.2. The Kier molecular flexibility index (Phi) is 6.23. The number of benzene rings is 1. The van der Waals surface area contributed by atoms with Gasteiger partial charge in [0.1, 0.15) is 5.54 Å². The Morgan fingerprint density at radius 3 is 2.52 bits per heavy atom. The second-order valence-electron chi connectivity index (χ2n) is 9.49. The van der Waals surface area contributed by atoms with Crippen molar-refractivity contribution in [2.24, 2.45) is 5.92 Å². The monoisotopic (exact) mass is 396 g/mol. The van der Waals surface area contributed by atoms with Crippen LogP contribution in [-0.2, 0) is 11.2 Å². The highest BCUT2D eigenvalue weighted by molar-refractivity contribution is 6.07. The average molecular weight is 397 g/mol. The van der Waals surface area contributed by atoms with Gasteiger partial charge in [-0.25, -0.2) is 0 Å². The molecule has 0 radical (unpaired) electrons. The molecule has 1 aromatic rings. The highest BCUT2D eigenvalue weighted by Crippen LogP contribution is 2.36. The van der Waals surface area contributed by atoms with Crippen molar-refractivity contribution in [2.45, 2.75) is 88.3 Å². The largest absolute Gasteiger partial charge is 0.342 e. The lowest BCUT2D eigenvalue weighted by molar-refractivity contribution is -0.131. The number of nitrogens with zero attached hydrogens (tertiary/aromatic N) is 1. The van der Waals surface area contributed by atoms with Crippen LogP contribution in [0.4, 0.5) is 0 Å². The summed E-state index contributed by atoms with van der Waals surface area (Å²) in [5.41, 5.74) is 0.633. The smallest absolute Gasteiger partial charge is 0.254 e. The van der Waals surface area contributed by atoms with Crippen LogP contribution in [0.3, 0.4) is 0 Å². The van der Waals surface area contributed by atoms with Crippen molar-refractivity contribution in [1.82, 2.24) is 15.5 Å². The van der Waals surface area contributed by atoms with E-state index >= 15 is 0 Å². The van der Waals surface area contributed by atoms with E-state index in [1.807, 2.05) is 6.07 Å². The number of aryl methyl sites for hydroxylation is 1. The van der Waals surface area contributed by atoms with E-state index in [4.69, 9.17) is 5.41 Å². The molecular weight excluding hydrogens is 360 g/mol. The molecule has 5 heteroatoms. The third kappa shape index (κ3) is 4.66. The van der Waals surface area contributed by atoms with Crippen molar-refractivity contribution in [3.63, 3.8) is 0 Å². The van der Waals surface area contributed by atoms with Crippen molar-refractivity contribution in [3.05, 3.63) is 35.9 Å². The summed E-state index contributed by atoms with van der Waals surface area (Å²) < 4.78 is 0. The molecule has 1 unspecified atom stereocenters. The van der Waals surface area contributed by atoms with Gasteiger partial charge in [0.15, 0.2) is 5.96 Å². The molecule has 0 spiro atoms. The molecule has 1 aromatic carbocycles. The molecule has 1 saturated heterocycles. The van der Waals surface area contributed by atoms with E-state index in [1.165, 1.54) is 55.4 Å². The molecule has 158 valence electrons. The van der Waals surface area contributed by atoms with Gasteiger partial charge in [0.05, 0.1) is 0 Å². The number of rotatable bonds is 7. The molecule has 2 saturated carbocycles. The molecule has 5 nitrogen and oxygen atoms in total. The molecule has 3 atom stereocenters. The normalized spacial score (nSPS) is 30.7. The van der Waals surface area contributed by atoms with Gasteiger partial charge in [0, 0.05) is 19.1 Å². The van der Waals surface area contributed by atoms with Crippen LogP contribution in [-0.4, -0.2) is 41.4 Å². The number of carbonyl (C=O) groups is 1. The van der Waals surface area contributed by atoms with Crippen molar-refractivity contribution < 1.29 is 4.79 Å². The summed E-state index contributed by atoms with van der Waals surface area (Å²) in [6.45, 7) is 0. The van der Waals surface area contributed by atoms with Crippen molar-refractivity contribution >= 4 is 11.9 Å². The second kappa shape index (κ2) is 8.86. The van der Waals surface area contributed by atoms with Gasteiger partial charge in [-0.1, -0.05) is 56.0 Å². The van der Waals surface area contributed by atoms with Gasteiger partial charge in [-0.15, -0.1) is 0 Å². The Balaban J connectivity index is 1.43. The summed E-state index contributed by atoms with van der Waals surface area (Å²) >= 11 is 0. The molecule has 1 heterocycles. The molecule has 0 bridgehead atoms. The first kappa shape index (κ1) is 20.4. The van der Waals surface area contributed by atoms with Gasteiger partial charge in [-0.05, 0) is 56.4 Å². The summed E-state index contributed by atoms with van der Waals surface area (Å²) in [6.07, 6.45) is 12.7. The molecule has 1 aliphatic heterocycles. The number of nitrogens with one attached hydrogen (secondary N) is 3. The standard InChI is InChI=1S/C24H36N4O/c1-28-22(29)24(27-23(28)25,15-14-18-8-3-2-4-9-18)17-19-10-7-13-21(16-19)26-20-11-5-6-12-20/h2-4,8-9,19-21,26H,5-7,10-17H2,1H3,(H2,25,27)/t19?,21-,24-/m1/s1. The Morgan fingerprint density at radius 2 is 1.83 bits per heavy atom. The minimum absolute atomic E-state index is 0.0734. The zero-order chi connectivity index (χ0) is 20.3. The summed E-state index contributed by atoms with van der Waals surface area (Å²) in [6, 6.07) is 11.7. The van der Waals surface area contributed by atoms with Crippen LogP contribution in [0, 0.1) is 11.3 Å². The summed E-state index contributed by atoms with van der Waals surface area (Å²) in [4.78, 5) is 14.7.